The second-order valence-electron chi connectivity index (χ2n) is 2.15. The van der Waals surface area contributed by atoms with Crippen molar-refractivity contribution in [3.8, 4) is 0 Å². The van der Waals surface area contributed by atoms with Crippen molar-refractivity contribution >= 4 is 22.8 Å². The minimum absolute atomic E-state index is 0.549. The summed E-state index contributed by atoms with van der Waals surface area (Å²) in [6.07, 6.45) is 2.76. The molecule has 1 aromatic rings. The Balaban J connectivity index is 2.85. The maximum Gasteiger partial charge on any atom is 0.0676 e. The van der Waals surface area contributed by atoms with Crippen molar-refractivity contribution < 1.29 is 5.21 Å². The highest BCUT2D eigenvalue weighted by atomic mass is 35.5. The molecule has 0 aromatic heterocycles. The number of nitrogens with zero attached hydrogens (tertiary/aromatic N) is 1. The molecule has 0 fully saturated rings. The number of benzene rings is 1. The molecule has 0 atom stereocenters. The first-order chi connectivity index (χ1) is 5.84. The van der Waals surface area contributed by atoms with Gasteiger partial charge >= 0.3 is 0 Å². The molecule has 12 heavy (non-hydrogen) atoms. The number of halogens is 1. The van der Waals surface area contributed by atoms with Gasteiger partial charge in [0.05, 0.1) is 6.21 Å². The van der Waals surface area contributed by atoms with Gasteiger partial charge < -0.3 is 5.21 Å². The zero-order valence-electron chi connectivity index (χ0n) is 6.31. The maximum atomic E-state index is 8.13. The van der Waals surface area contributed by atoms with Crippen molar-refractivity contribution in [2.75, 3.05) is 0 Å². The summed E-state index contributed by atoms with van der Waals surface area (Å²) in [5.41, 5.74) is 0.902. The summed E-state index contributed by atoms with van der Waals surface area (Å²) >= 11 is 5.84. The fourth-order valence-corrected chi connectivity index (χ4v) is 0.975. The lowest BCUT2D eigenvalue weighted by Gasteiger charge is -1.94. The summed E-state index contributed by atoms with van der Waals surface area (Å²) in [6, 6.07) is 9.45. The van der Waals surface area contributed by atoms with Gasteiger partial charge in [-0.1, -0.05) is 47.1 Å². The van der Waals surface area contributed by atoms with E-state index in [9.17, 15) is 0 Å². The summed E-state index contributed by atoms with van der Waals surface area (Å²) in [6.45, 7) is 0. The molecule has 0 aliphatic carbocycles. The highest BCUT2D eigenvalue weighted by molar-refractivity contribution is 6.49. The molecule has 0 amide bonds. The van der Waals surface area contributed by atoms with Gasteiger partial charge in [-0.05, 0) is 11.6 Å². The zero-order chi connectivity index (χ0) is 8.81. The van der Waals surface area contributed by atoms with Gasteiger partial charge in [0.25, 0.3) is 0 Å². The largest absolute Gasteiger partial charge is 0.411 e. The van der Waals surface area contributed by atoms with Gasteiger partial charge in [0, 0.05) is 5.03 Å². The average Bonchev–Trinajstić information content (AvgIpc) is 2.15. The monoisotopic (exact) mass is 181 g/mol. The lowest BCUT2D eigenvalue weighted by atomic mass is 10.2. The summed E-state index contributed by atoms with van der Waals surface area (Å²) in [7, 11) is 0. The van der Waals surface area contributed by atoms with Crippen LogP contribution in [-0.4, -0.2) is 11.4 Å². The van der Waals surface area contributed by atoms with Crippen molar-refractivity contribution in [2.45, 2.75) is 0 Å². The first kappa shape index (κ1) is 8.81. The highest BCUT2D eigenvalue weighted by Gasteiger charge is 1.93. The van der Waals surface area contributed by atoms with Crippen LogP contribution in [0.25, 0.3) is 5.03 Å². The van der Waals surface area contributed by atoms with Gasteiger partial charge in [-0.3, -0.25) is 0 Å². The molecular formula is C9H8ClNO. The van der Waals surface area contributed by atoms with E-state index >= 15 is 0 Å². The molecule has 62 valence electrons. The lowest BCUT2D eigenvalue weighted by Crippen LogP contribution is -1.75. The second kappa shape index (κ2) is 4.57. The normalized spacial score (nSPS) is 12.2. The molecule has 0 bridgehead atoms. The Bertz CT molecular complexity index is 293. The number of allylic oxidation sites excluding steroid dienone is 1. The van der Waals surface area contributed by atoms with Crippen LogP contribution in [0.1, 0.15) is 5.56 Å². The maximum absolute atomic E-state index is 8.13. The van der Waals surface area contributed by atoms with E-state index in [0.29, 0.717) is 5.03 Å². The fourth-order valence-electron chi connectivity index (χ4n) is 0.792. The summed E-state index contributed by atoms with van der Waals surface area (Å²) in [5.74, 6) is 0. The van der Waals surface area contributed by atoms with Crippen LogP contribution < -0.4 is 0 Å². The molecule has 2 nitrogen and oxygen atoms in total. The minimum Gasteiger partial charge on any atom is -0.411 e. The van der Waals surface area contributed by atoms with E-state index < -0.39 is 0 Å². The Kier molecular flexibility index (Phi) is 3.35. The molecule has 3 heteroatoms. The van der Waals surface area contributed by atoms with Gasteiger partial charge in [0.15, 0.2) is 0 Å². The van der Waals surface area contributed by atoms with Gasteiger partial charge in [0.1, 0.15) is 0 Å². The quantitative estimate of drug-likeness (QED) is 0.425. The van der Waals surface area contributed by atoms with Crippen molar-refractivity contribution in [2.24, 2.45) is 5.16 Å². The average molecular weight is 182 g/mol. The molecule has 0 aliphatic rings. The van der Waals surface area contributed by atoms with Crippen molar-refractivity contribution in [1.29, 1.82) is 0 Å². The number of hydrogen-bond donors (Lipinski definition) is 1. The van der Waals surface area contributed by atoms with Crippen LogP contribution in [0.4, 0.5) is 0 Å². The molecule has 0 saturated heterocycles. The summed E-state index contributed by atoms with van der Waals surface area (Å²) in [5, 5.41) is 11.5. The van der Waals surface area contributed by atoms with E-state index in [1.807, 2.05) is 30.3 Å². The van der Waals surface area contributed by atoms with E-state index in [4.69, 9.17) is 16.8 Å². The zero-order valence-corrected chi connectivity index (χ0v) is 7.07. The van der Waals surface area contributed by atoms with E-state index in [-0.39, 0.29) is 0 Å². The van der Waals surface area contributed by atoms with E-state index in [2.05, 4.69) is 5.16 Å². The third kappa shape index (κ3) is 2.40. The molecule has 0 saturated carbocycles. The van der Waals surface area contributed by atoms with E-state index in [0.717, 1.165) is 5.56 Å². The third-order valence-corrected chi connectivity index (χ3v) is 1.68. The topological polar surface area (TPSA) is 32.6 Å². The third-order valence-electron chi connectivity index (χ3n) is 1.34. The molecule has 1 aromatic carbocycles. The Hall–Kier alpha value is -1.28. The van der Waals surface area contributed by atoms with Crippen LogP contribution in [-0.2, 0) is 0 Å². The van der Waals surface area contributed by atoms with Gasteiger partial charge in [0.2, 0.25) is 0 Å². The molecule has 1 rings (SSSR count). The van der Waals surface area contributed by atoms with Crippen molar-refractivity contribution in [1.82, 2.24) is 0 Å². The Morgan fingerprint density at radius 3 is 2.58 bits per heavy atom. The predicted octanol–water partition coefficient (Wildman–Crippen LogP) is 2.73. The highest BCUT2D eigenvalue weighted by Crippen LogP contribution is 2.16. The summed E-state index contributed by atoms with van der Waals surface area (Å²) in [4.78, 5) is 0. The van der Waals surface area contributed by atoms with Crippen LogP contribution in [0, 0.1) is 0 Å². The van der Waals surface area contributed by atoms with E-state index in [1.165, 1.54) is 12.3 Å². The molecule has 1 N–H and O–H groups in total. The fraction of sp³-hybridized carbons (Fsp3) is 0. The number of oxime groups is 1. The van der Waals surface area contributed by atoms with Crippen molar-refractivity contribution in [3.63, 3.8) is 0 Å². The molecule has 0 unspecified atom stereocenters. The Labute approximate surface area is 75.8 Å². The Morgan fingerprint density at radius 2 is 2.00 bits per heavy atom. The van der Waals surface area contributed by atoms with Gasteiger partial charge in [-0.25, -0.2) is 0 Å². The van der Waals surface area contributed by atoms with Gasteiger partial charge in [-0.2, -0.15) is 0 Å². The number of hydrogen-bond acceptors (Lipinski definition) is 2. The lowest BCUT2D eigenvalue weighted by molar-refractivity contribution is 0.322. The van der Waals surface area contributed by atoms with Crippen LogP contribution in [0.15, 0.2) is 41.6 Å². The summed E-state index contributed by atoms with van der Waals surface area (Å²) < 4.78 is 0. The van der Waals surface area contributed by atoms with Crippen LogP contribution in [0.2, 0.25) is 0 Å². The van der Waals surface area contributed by atoms with Gasteiger partial charge in [-0.15, -0.1) is 0 Å². The first-order valence-electron chi connectivity index (χ1n) is 3.43. The molecule has 0 spiro atoms. The Morgan fingerprint density at radius 1 is 1.33 bits per heavy atom. The number of rotatable bonds is 2. The smallest absolute Gasteiger partial charge is 0.0676 e. The standard InChI is InChI=1S/C9H8ClNO/c10-9(6-7-11-12)8-4-2-1-3-5-8/h1-7,12H/b9-6-,11-7-. The second-order valence-corrected chi connectivity index (χ2v) is 2.55. The molecule has 0 radical (unpaired) electrons. The van der Waals surface area contributed by atoms with Crippen LogP contribution in [0.5, 0.6) is 0 Å². The first-order valence-corrected chi connectivity index (χ1v) is 3.81. The molecular weight excluding hydrogens is 174 g/mol. The molecule has 0 aliphatic heterocycles. The van der Waals surface area contributed by atoms with Crippen LogP contribution in [0.3, 0.4) is 0 Å². The predicted molar refractivity (Wildman–Crippen MR) is 50.6 cm³/mol. The van der Waals surface area contributed by atoms with E-state index in [1.54, 1.807) is 0 Å². The van der Waals surface area contributed by atoms with Crippen molar-refractivity contribution in [3.05, 3.63) is 42.0 Å². The molecule has 0 heterocycles. The SMILES string of the molecule is O/N=C\C=C(/Cl)c1ccccc1. The minimum atomic E-state index is 0.549. The van der Waals surface area contributed by atoms with Crippen LogP contribution >= 0.6 is 11.6 Å².